The van der Waals surface area contributed by atoms with Crippen molar-refractivity contribution >= 4 is 63.2 Å². The second kappa shape index (κ2) is 9.79. The van der Waals surface area contributed by atoms with Crippen LogP contribution in [0.3, 0.4) is 0 Å². The predicted octanol–water partition coefficient (Wildman–Crippen LogP) is 2.46. The van der Waals surface area contributed by atoms with Gasteiger partial charge in [0.1, 0.15) is 5.15 Å². The Hall–Kier alpha value is -1.01. The van der Waals surface area contributed by atoms with Crippen molar-refractivity contribution in [2.75, 3.05) is 7.05 Å². The molecule has 0 aliphatic carbocycles. The van der Waals surface area contributed by atoms with Crippen LogP contribution in [-0.4, -0.2) is 26.0 Å². The van der Waals surface area contributed by atoms with Gasteiger partial charge in [-0.15, -0.1) is 24.0 Å². The van der Waals surface area contributed by atoms with Crippen LogP contribution in [0.4, 0.5) is 0 Å². The van der Waals surface area contributed by atoms with Crippen molar-refractivity contribution in [3.8, 4) is 0 Å². The van der Waals surface area contributed by atoms with Crippen LogP contribution in [0, 0.1) is 0 Å². The van der Waals surface area contributed by atoms with Crippen LogP contribution in [-0.2, 0) is 30.2 Å². The van der Waals surface area contributed by atoms with Crippen molar-refractivity contribution in [3.05, 3.63) is 51.8 Å². The van der Waals surface area contributed by atoms with Gasteiger partial charge >= 0.3 is 0 Å². The van der Waals surface area contributed by atoms with Crippen LogP contribution in [0.5, 0.6) is 0 Å². The van der Waals surface area contributed by atoms with E-state index in [1.54, 1.807) is 29.8 Å². The molecule has 0 fully saturated rings. The lowest BCUT2D eigenvalue weighted by Crippen LogP contribution is -2.36. The lowest BCUT2D eigenvalue weighted by atomic mass is 10.2. The average molecular weight is 532 g/mol. The summed E-state index contributed by atoms with van der Waals surface area (Å²) < 4.78 is 24.3. The number of sulfonamides is 1. The van der Waals surface area contributed by atoms with Crippen LogP contribution < -0.4 is 15.8 Å². The van der Waals surface area contributed by atoms with Gasteiger partial charge in [0, 0.05) is 26.3 Å². The first-order chi connectivity index (χ1) is 11.7. The molecule has 0 aliphatic heterocycles. The van der Waals surface area contributed by atoms with Gasteiger partial charge in [-0.2, -0.15) is 0 Å². The third-order valence-electron chi connectivity index (χ3n) is 3.59. The molecule has 0 spiro atoms. The Kier molecular flexibility index (Phi) is 8.67. The van der Waals surface area contributed by atoms with Crippen LogP contribution in [0.15, 0.2) is 40.2 Å². The number of aromatic nitrogens is 1. The highest BCUT2D eigenvalue weighted by Gasteiger charge is 2.10. The molecule has 0 bridgehead atoms. The molecule has 0 atom stereocenters. The van der Waals surface area contributed by atoms with E-state index in [2.05, 4.69) is 15.6 Å². The van der Waals surface area contributed by atoms with Crippen LogP contribution >= 0.6 is 47.2 Å². The Bertz CT molecular complexity index is 882. The summed E-state index contributed by atoms with van der Waals surface area (Å²) in [4.78, 5) is 4.22. The fourth-order valence-corrected chi connectivity index (χ4v) is 3.07. The fraction of sp³-hybridized carbons (Fsp3) is 0.267. The van der Waals surface area contributed by atoms with Crippen molar-refractivity contribution < 1.29 is 8.42 Å². The minimum atomic E-state index is -3.68. The van der Waals surface area contributed by atoms with E-state index in [1.807, 2.05) is 7.05 Å². The zero-order valence-electron chi connectivity index (χ0n) is 14.2. The van der Waals surface area contributed by atoms with E-state index >= 15 is 0 Å². The summed E-state index contributed by atoms with van der Waals surface area (Å²) in [5, 5.41) is 12.4. The van der Waals surface area contributed by atoms with Crippen molar-refractivity contribution in [2.24, 2.45) is 17.2 Å². The van der Waals surface area contributed by atoms with E-state index in [0.29, 0.717) is 29.2 Å². The Balaban J connectivity index is 0.00000338. The van der Waals surface area contributed by atoms with E-state index in [0.717, 1.165) is 11.3 Å². The molecule has 0 saturated heterocycles. The fourth-order valence-electron chi connectivity index (χ4n) is 2.14. The number of nitrogens with zero attached hydrogens (tertiary/aromatic N) is 2. The molecular weight excluding hydrogens is 512 g/mol. The van der Waals surface area contributed by atoms with Crippen LogP contribution in [0.2, 0.25) is 10.2 Å². The van der Waals surface area contributed by atoms with Crippen molar-refractivity contribution in [1.82, 2.24) is 15.2 Å². The Labute approximate surface area is 180 Å². The molecule has 0 unspecified atom stereocenters. The molecule has 26 heavy (non-hydrogen) atoms. The molecule has 2 rings (SSSR count). The number of halogens is 3. The monoisotopic (exact) mass is 531 g/mol. The van der Waals surface area contributed by atoms with Gasteiger partial charge in [0.25, 0.3) is 0 Å². The first-order valence-electron chi connectivity index (χ1n) is 7.28. The normalized spacial score (nSPS) is 11.8. The van der Waals surface area contributed by atoms with Gasteiger partial charge in [-0.05, 0) is 23.8 Å². The molecule has 0 amide bonds. The van der Waals surface area contributed by atoms with Gasteiger partial charge in [-0.1, -0.05) is 35.3 Å². The largest absolute Gasteiger partial charge is 0.352 e. The van der Waals surface area contributed by atoms with Gasteiger partial charge in [-0.25, -0.2) is 13.6 Å². The van der Waals surface area contributed by atoms with Gasteiger partial charge in [0.05, 0.1) is 16.5 Å². The Morgan fingerprint density at radius 3 is 2.23 bits per heavy atom. The quantitative estimate of drug-likeness (QED) is 0.313. The number of rotatable bonds is 5. The number of hydrogen-bond donors (Lipinski definition) is 3. The topological polar surface area (TPSA) is 102 Å². The molecule has 11 heteroatoms. The molecule has 144 valence electrons. The number of nitrogens with one attached hydrogen (secondary N) is 2. The van der Waals surface area contributed by atoms with Gasteiger partial charge < -0.3 is 15.2 Å². The molecule has 1 heterocycles. The number of guanidine groups is 1. The SMILES string of the molecule is CN=C(NCc1ccc(S(N)(=O)=O)cc1)NCc1cc(Cl)c(Cl)n1C.I. The first-order valence-corrected chi connectivity index (χ1v) is 9.58. The zero-order valence-corrected chi connectivity index (χ0v) is 18.8. The maximum atomic E-state index is 11.2. The standard InChI is InChI=1S/C15H19Cl2N5O2S.HI/c1-19-15(21-9-11-7-13(16)14(17)22(11)2)20-8-10-3-5-12(6-4-10)25(18,23)24;/h3-7H,8-9H2,1-2H3,(H2,18,23,24)(H2,19,20,21);1H. The predicted molar refractivity (Wildman–Crippen MR) is 116 cm³/mol. The summed E-state index contributed by atoms with van der Waals surface area (Å²) in [7, 11) is -0.196. The number of hydrogen-bond acceptors (Lipinski definition) is 3. The third-order valence-corrected chi connectivity index (χ3v) is 5.36. The summed E-state index contributed by atoms with van der Waals surface area (Å²) in [5.74, 6) is 0.587. The smallest absolute Gasteiger partial charge is 0.238 e. The maximum absolute atomic E-state index is 11.2. The average Bonchev–Trinajstić information content (AvgIpc) is 2.81. The van der Waals surface area contributed by atoms with Crippen LogP contribution in [0.25, 0.3) is 0 Å². The molecular formula is C15H20Cl2IN5O2S. The number of aliphatic imine (C=N–C) groups is 1. The molecule has 1 aromatic heterocycles. The Morgan fingerprint density at radius 2 is 1.77 bits per heavy atom. The van der Waals surface area contributed by atoms with E-state index in [1.165, 1.54) is 12.1 Å². The highest BCUT2D eigenvalue weighted by molar-refractivity contribution is 14.0. The second-order valence-corrected chi connectivity index (χ2v) is 7.63. The van der Waals surface area contributed by atoms with Crippen LogP contribution in [0.1, 0.15) is 11.3 Å². The molecule has 0 saturated carbocycles. The molecule has 7 nitrogen and oxygen atoms in total. The summed E-state index contributed by atoms with van der Waals surface area (Å²) in [6.45, 7) is 0.964. The van der Waals surface area contributed by atoms with Crippen molar-refractivity contribution in [2.45, 2.75) is 18.0 Å². The zero-order chi connectivity index (χ0) is 18.6. The lowest BCUT2D eigenvalue weighted by molar-refractivity contribution is 0.597. The summed E-state index contributed by atoms with van der Waals surface area (Å²) in [5.41, 5.74) is 1.80. The first kappa shape index (κ1) is 23.0. The lowest BCUT2D eigenvalue weighted by Gasteiger charge is -2.12. The molecule has 0 aliphatic rings. The van der Waals surface area contributed by atoms with Gasteiger partial charge in [0.2, 0.25) is 10.0 Å². The highest BCUT2D eigenvalue weighted by Crippen LogP contribution is 2.24. The summed E-state index contributed by atoms with van der Waals surface area (Å²) in [6.07, 6.45) is 0. The number of primary sulfonamides is 1. The highest BCUT2D eigenvalue weighted by atomic mass is 127. The third kappa shape index (κ3) is 6.02. The molecule has 4 N–H and O–H groups in total. The van der Waals surface area contributed by atoms with Gasteiger partial charge in [-0.3, -0.25) is 4.99 Å². The number of nitrogens with two attached hydrogens (primary N) is 1. The van der Waals surface area contributed by atoms with Crippen molar-refractivity contribution in [3.63, 3.8) is 0 Å². The van der Waals surface area contributed by atoms with E-state index in [9.17, 15) is 8.42 Å². The molecule has 1 aromatic carbocycles. The maximum Gasteiger partial charge on any atom is 0.238 e. The minimum absolute atomic E-state index is 0. The summed E-state index contributed by atoms with van der Waals surface area (Å²) in [6, 6.07) is 8.11. The van der Waals surface area contributed by atoms with Gasteiger partial charge in [0.15, 0.2) is 5.96 Å². The molecule has 2 aromatic rings. The van der Waals surface area contributed by atoms with Crippen molar-refractivity contribution in [1.29, 1.82) is 0 Å². The van der Waals surface area contributed by atoms with E-state index in [4.69, 9.17) is 28.3 Å². The number of benzene rings is 1. The molecule has 0 radical (unpaired) electrons. The Morgan fingerprint density at radius 1 is 1.19 bits per heavy atom. The van der Waals surface area contributed by atoms with E-state index < -0.39 is 10.0 Å². The second-order valence-electron chi connectivity index (χ2n) is 5.30. The minimum Gasteiger partial charge on any atom is -0.352 e. The van der Waals surface area contributed by atoms with E-state index in [-0.39, 0.29) is 28.9 Å². The summed E-state index contributed by atoms with van der Waals surface area (Å²) >= 11 is 12.0.